The van der Waals surface area contributed by atoms with Crippen molar-refractivity contribution in [1.29, 1.82) is 0 Å². The minimum atomic E-state index is 0.255. The van der Waals surface area contributed by atoms with E-state index in [2.05, 4.69) is 48.3 Å². The highest BCUT2D eigenvalue weighted by Gasteiger charge is 2.17. The third-order valence-electron chi connectivity index (χ3n) is 3.85. The molecule has 1 aliphatic rings. The second-order valence-corrected chi connectivity index (χ2v) is 5.54. The number of guanidine groups is 1. The van der Waals surface area contributed by atoms with Crippen molar-refractivity contribution in [2.24, 2.45) is 10.9 Å². The normalized spacial score (nSPS) is 21.2. The molecule has 0 bridgehead atoms. The molecule has 1 unspecified atom stereocenters. The van der Waals surface area contributed by atoms with Crippen molar-refractivity contribution >= 4 is 5.96 Å². The molecule has 0 radical (unpaired) electrons. The summed E-state index contributed by atoms with van der Waals surface area (Å²) in [5.41, 5.74) is 0. The minimum absolute atomic E-state index is 0.255. The fourth-order valence-corrected chi connectivity index (χ4v) is 2.31. The molecular weight excluding hydrogens is 252 g/mol. The van der Waals surface area contributed by atoms with E-state index < -0.39 is 0 Å². The van der Waals surface area contributed by atoms with E-state index in [0.29, 0.717) is 5.92 Å². The van der Waals surface area contributed by atoms with Crippen LogP contribution in [0.15, 0.2) is 4.99 Å². The monoisotopic (exact) mass is 284 g/mol. The zero-order valence-corrected chi connectivity index (χ0v) is 13.6. The number of aliphatic imine (C=N–C) groups is 1. The average Bonchev–Trinajstić information content (AvgIpc) is 2.45. The highest BCUT2D eigenvalue weighted by atomic mass is 16.5. The average molecular weight is 284 g/mol. The summed E-state index contributed by atoms with van der Waals surface area (Å²) in [6.07, 6.45) is 2.64. The molecule has 5 nitrogen and oxygen atoms in total. The van der Waals surface area contributed by atoms with Crippen molar-refractivity contribution < 1.29 is 4.74 Å². The van der Waals surface area contributed by atoms with Crippen LogP contribution in [-0.2, 0) is 4.74 Å². The molecule has 0 saturated carbocycles. The van der Waals surface area contributed by atoms with Crippen molar-refractivity contribution in [3.05, 3.63) is 0 Å². The van der Waals surface area contributed by atoms with Gasteiger partial charge in [-0.15, -0.1) is 0 Å². The van der Waals surface area contributed by atoms with Crippen molar-refractivity contribution in [1.82, 2.24) is 15.5 Å². The Morgan fingerprint density at radius 3 is 2.65 bits per heavy atom. The molecule has 20 heavy (non-hydrogen) atoms. The molecule has 1 atom stereocenters. The number of likely N-dealkylation sites (N-methyl/N-ethyl adjacent to an activating group) is 1. The Labute approximate surface area is 124 Å². The number of nitrogens with zero attached hydrogens (tertiary/aromatic N) is 2. The van der Waals surface area contributed by atoms with Crippen LogP contribution in [0, 0.1) is 5.92 Å². The number of rotatable bonds is 7. The summed E-state index contributed by atoms with van der Waals surface area (Å²) in [5.74, 6) is 1.60. The van der Waals surface area contributed by atoms with E-state index in [4.69, 9.17) is 4.74 Å². The van der Waals surface area contributed by atoms with Crippen molar-refractivity contribution in [3.63, 3.8) is 0 Å². The van der Waals surface area contributed by atoms with Crippen molar-refractivity contribution in [2.45, 2.75) is 39.7 Å². The molecule has 0 aromatic rings. The Bertz CT molecular complexity index is 279. The van der Waals surface area contributed by atoms with Gasteiger partial charge in [0.15, 0.2) is 5.96 Å². The molecule has 0 spiro atoms. The van der Waals surface area contributed by atoms with E-state index in [-0.39, 0.29) is 6.10 Å². The first kappa shape index (κ1) is 17.2. The molecule has 1 aliphatic heterocycles. The van der Waals surface area contributed by atoms with Crippen molar-refractivity contribution in [2.75, 3.05) is 46.4 Å². The summed E-state index contributed by atoms with van der Waals surface area (Å²) in [5, 5.41) is 6.71. The van der Waals surface area contributed by atoms with E-state index in [0.717, 1.165) is 45.3 Å². The zero-order valence-electron chi connectivity index (χ0n) is 13.6. The molecule has 118 valence electrons. The number of nitrogens with one attached hydrogen (secondary N) is 2. The smallest absolute Gasteiger partial charge is 0.191 e. The van der Waals surface area contributed by atoms with E-state index >= 15 is 0 Å². The van der Waals surface area contributed by atoms with Crippen LogP contribution >= 0.6 is 0 Å². The first-order valence-electron chi connectivity index (χ1n) is 8.01. The predicted molar refractivity (Wildman–Crippen MR) is 85.3 cm³/mol. The van der Waals surface area contributed by atoms with E-state index in [1.54, 1.807) is 0 Å². The van der Waals surface area contributed by atoms with E-state index in [9.17, 15) is 0 Å². The molecule has 0 aromatic heterocycles. The van der Waals surface area contributed by atoms with Crippen LogP contribution in [0.4, 0.5) is 0 Å². The largest absolute Gasteiger partial charge is 0.374 e. The molecule has 5 heteroatoms. The third-order valence-corrected chi connectivity index (χ3v) is 3.85. The van der Waals surface area contributed by atoms with Gasteiger partial charge < -0.3 is 20.3 Å². The lowest BCUT2D eigenvalue weighted by Crippen LogP contribution is -2.48. The Hall–Kier alpha value is -0.810. The van der Waals surface area contributed by atoms with Gasteiger partial charge in [0.05, 0.1) is 12.7 Å². The second-order valence-electron chi connectivity index (χ2n) is 5.54. The zero-order chi connectivity index (χ0) is 14.8. The molecule has 0 aliphatic carbocycles. The summed E-state index contributed by atoms with van der Waals surface area (Å²) in [4.78, 5) is 6.99. The van der Waals surface area contributed by atoms with Crippen LogP contribution in [0.1, 0.15) is 33.6 Å². The molecular formula is C15H32N4O. The van der Waals surface area contributed by atoms with Crippen LogP contribution in [0.5, 0.6) is 0 Å². The third kappa shape index (κ3) is 6.57. The number of ether oxygens (including phenoxy) is 1. The fraction of sp³-hybridized carbons (Fsp3) is 0.933. The van der Waals surface area contributed by atoms with Gasteiger partial charge >= 0.3 is 0 Å². The quantitative estimate of drug-likeness (QED) is 0.547. The van der Waals surface area contributed by atoms with Gasteiger partial charge in [-0.2, -0.15) is 0 Å². The van der Waals surface area contributed by atoms with Crippen LogP contribution in [0.2, 0.25) is 0 Å². The Morgan fingerprint density at radius 1 is 1.30 bits per heavy atom. The van der Waals surface area contributed by atoms with Gasteiger partial charge in [0.2, 0.25) is 0 Å². The molecule has 1 fully saturated rings. The molecule has 0 amide bonds. The molecule has 1 heterocycles. The number of morpholine rings is 1. The van der Waals surface area contributed by atoms with Crippen LogP contribution < -0.4 is 10.6 Å². The second kappa shape index (κ2) is 10.00. The maximum atomic E-state index is 5.76. The van der Waals surface area contributed by atoms with Crippen LogP contribution in [-0.4, -0.2) is 63.3 Å². The van der Waals surface area contributed by atoms with Crippen LogP contribution in [0.3, 0.4) is 0 Å². The van der Waals surface area contributed by atoms with Gasteiger partial charge in [0.1, 0.15) is 0 Å². The standard InChI is InChI=1S/C15H32N4O/c1-5-13(6-2)10-17-15(16-7-3)18-11-14-12-19(4)8-9-20-14/h13-14H,5-12H2,1-4H3,(H2,16,17,18). The summed E-state index contributed by atoms with van der Waals surface area (Å²) in [6.45, 7) is 12.0. The van der Waals surface area contributed by atoms with Gasteiger partial charge in [0, 0.05) is 32.7 Å². The lowest BCUT2D eigenvalue weighted by Gasteiger charge is -2.30. The lowest BCUT2D eigenvalue weighted by molar-refractivity contribution is -0.0161. The van der Waals surface area contributed by atoms with Crippen molar-refractivity contribution in [3.8, 4) is 0 Å². The Kier molecular flexibility index (Phi) is 8.62. The van der Waals surface area contributed by atoms with E-state index in [1.807, 2.05) is 0 Å². The number of hydrogen-bond donors (Lipinski definition) is 2. The Morgan fingerprint density at radius 2 is 2.05 bits per heavy atom. The minimum Gasteiger partial charge on any atom is -0.374 e. The van der Waals surface area contributed by atoms with Gasteiger partial charge in [-0.25, -0.2) is 0 Å². The summed E-state index contributed by atoms with van der Waals surface area (Å²) < 4.78 is 5.76. The van der Waals surface area contributed by atoms with E-state index in [1.165, 1.54) is 12.8 Å². The lowest BCUT2D eigenvalue weighted by atomic mass is 10.0. The highest BCUT2D eigenvalue weighted by Crippen LogP contribution is 2.07. The van der Waals surface area contributed by atoms with Gasteiger partial charge in [-0.05, 0) is 19.9 Å². The SMILES string of the molecule is CCNC(=NCC(CC)CC)NCC1CN(C)CCO1. The molecule has 1 saturated heterocycles. The highest BCUT2D eigenvalue weighted by molar-refractivity contribution is 5.79. The molecule has 0 aromatic carbocycles. The first-order chi connectivity index (χ1) is 9.69. The fourth-order valence-electron chi connectivity index (χ4n) is 2.31. The van der Waals surface area contributed by atoms with Gasteiger partial charge in [-0.1, -0.05) is 26.7 Å². The molecule has 1 rings (SSSR count). The topological polar surface area (TPSA) is 48.9 Å². The first-order valence-corrected chi connectivity index (χ1v) is 8.01. The van der Waals surface area contributed by atoms with Gasteiger partial charge in [0.25, 0.3) is 0 Å². The maximum Gasteiger partial charge on any atom is 0.191 e. The summed E-state index contributed by atoms with van der Waals surface area (Å²) in [7, 11) is 2.14. The Balaban J connectivity index is 2.39. The maximum absolute atomic E-state index is 5.76. The summed E-state index contributed by atoms with van der Waals surface area (Å²) in [6, 6.07) is 0. The predicted octanol–water partition coefficient (Wildman–Crippen LogP) is 1.31. The molecule has 2 N–H and O–H groups in total. The van der Waals surface area contributed by atoms with Crippen LogP contribution in [0.25, 0.3) is 0 Å². The van der Waals surface area contributed by atoms with Gasteiger partial charge in [-0.3, -0.25) is 4.99 Å². The number of hydrogen-bond acceptors (Lipinski definition) is 3. The summed E-state index contributed by atoms with van der Waals surface area (Å²) >= 11 is 0.